The molecular weight excluding hydrogens is 284 g/mol. The zero-order valence-electron chi connectivity index (χ0n) is 14.3. The maximum atomic E-state index is 10.8. The average molecular weight is 312 g/mol. The third kappa shape index (κ3) is 3.03. The Kier molecular flexibility index (Phi) is 4.49. The van der Waals surface area contributed by atoms with Gasteiger partial charge in [-0.25, -0.2) is 0 Å². The Hall–Kier alpha value is -1.37. The van der Waals surface area contributed by atoms with Gasteiger partial charge in [-0.1, -0.05) is 44.2 Å². The van der Waals surface area contributed by atoms with Crippen molar-refractivity contribution in [1.82, 2.24) is 4.90 Å². The molecule has 1 aliphatic heterocycles. The second kappa shape index (κ2) is 6.26. The maximum absolute atomic E-state index is 10.8. The van der Waals surface area contributed by atoms with Crippen LogP contribution in [0.4, 0.5) is 0 Å². The first-order chi connectivity index (χ1) is 11.0. The van der Waals surface area contributed by atoms with E-state index in [-0.39, 0.29) is 5.41 Å². The summed E-state index contributed by atoms with van der Waals surface area (Å²) in [7, 11) is 0. The number of β-amino-alcohol motifs (C(OH)–C–C–N with tert-alkyl or cyclic N) is 1. The van der Waals surface area contributed by atoms with Gasteiger partial charge in [0.2, 0.25) is 0 Å². The van der Waals surface area contributed by atoms with Gasteiger partial charge in [-0.2, -0.15) is 5.26 Å². The van der Waals surface area contributed by atoms with Crippen LogP contribution in [0.3, 0.4) is 0 Å². The molecule has 1 aromatic carbocycles. The lowest BCUT2D eigenvalue weighted by Gasteiger charge is -2.53. The van der Waals surface area contributed by atoms with E-state index in [1.165, 1.54) is 0 Å². The number of hydrogen-bond acceptors (Lipinski definition) is 3. The molecule has 23 heavy (non-hydrogen) atoms. The van der Waals surface area contributed by atoms with Crippen molar-refractivity contribution < 1.29 is 5.11 Å². The van der Waals surface area contributed by atoms with Gasteiger partial charge in [0, 0.05) is 25.6 Å². The lowest BCUT2D eigenvalue weighted by molar-refractivity contribution is -0.131. The van der Waals surface area contributed by atoms with Gasteiger partial charge in [0.15, 0.2) is 0 Å². The topological polar surface area (TPSA) is 47.3 Å². The molecule has 3 rings (SSSR count). The minimum Gasteiger partial charge on any atom is -0.382 e. The van der Waals surface area contributed by atoms with E-state index in [9.17, 15) is 5.11 Å². The molecule has 3 heteroatoms. The van der Waals surface area contributed by atoms with Gasteiger partial charge in [0.1, 0.15) is 5.60 Å². The number of hydrogen-bond donors (Lipinski definition) is 1. The number of likely N-dealkylation sites (tertiary alicyclic amines) is 1. The molecule has 1 heterocycles. The van der Waals surface area contributed by atoms with E-state index in [1.807, 2.05) is 30.3 Å². The molecule has 0 spiro atoms. The van der Waals surface area contributed by atoms with E-state index in [2.05, 4.69) is 24.8 Å². The molecule has 0 aromatic heterocycles. The molecule has 1 saturated carbocycles. The third-order valence-electron chi connectivity index (χ3n) is 6.36. The molecule has 2 aliphatic rings. The molecule has 0 atom stereocenters. The second-order valence-electron chi connectivity index (χ2n) is 7.89. The fourth-order valence-electron chi connectivity index (χ4n) is 4.47. The van der Waals surface area contributed by atoms with E-state index < -0.39 is 5.60 Å². The predicted molar refractivity (Wildman–Crippen MR) is 91.7 cm³/mol. The van der Waals surface area contributed by atoms with E-state index >= 15 is 0 Å². The largest absolute Gasteiger partial charge is 0.382 e. The Labute approximate surface area is 139 Å². The van der Waals surface area contributed by atoms with Crippen molar-refractivity contribution in [3.05, 3.63) is 35.9 Å². The van der Waals surface area contributed by atoms with Crippen molar-refractivity contribution in [2.45, 2.75) is 57.6 Å². The lowest BCUT2D eigenvalue weighted by Crippen LogP contribution is -2.63. The predicted octanol–water partition coefficient (Wildman–Crippen LogP) is 3.69. The van der Waals surface area contributed by atoms with E-state index in [1.54, 1.807) is 0 Å². The molecule has 1 N–H and O–H groups in total. The molecule has 0 bridgehead atoms. The summed E-state index contributed by atoms with van der Waals surface area (Å²) in [6.07, 6.45) is 5.28. The Morgan fingerprint density at radius 3 is 2.35 bits per heavy atom. The molecule has 1 aromatic rings. The van der Waals surface area contributed by atoms with Gasteiger partial charge in [0.05, 0.1) is 6.07 Å². The summed E-state index contributed by atoms with van der Waals surface area (Å²) >= 11 is 0. The third-order valence-corrected chi connectivity index (χ3v) is 6.36. The van der Waals surface area contributed by atoms with Gasteiger partial charge in [0.25, 0.3) is 0 Å². The number of nitrogens with zero attached hydrogens (tertiary/aromatic N) is 2. The summed E-state index contributed by atoms with van der Waals surface area (Å²) in [5.74, 6) is 0.570. The molecular formula is C20H28N2O. The van der Waals surface area contributed by atoms with Crippen LogP contribution in [-0.2, 0) is 5.60 Å². The van der Waals surface area contributed by atoms with E-state index in [0.717, 1.165) is 44.3 Å². The van der Waals surface area contributed by atoms with Crippen molar-refractivity contribution in [2.24, 2.45) is 11.3 Å². The SMILES string of the molecule is CC(C)[C@]1(CC#N)CC[C@@H](N2CC(O)(c3ccccc3)C2)CC1. The van der Waals surface area contributed by atoms with Crippen LogP contribution >= 0.6 is 0 Å². The maximum Gasteiger partial charge on any atom is 0.115 e. The van der Waals surface area contributed by atoms with Gasteiger partial charge in [-0.15, -0.1) is 0 Å². The fraction of sp³-hybridized carbons (Fsp3) is 0.650. The van der Waals surface area contributed by atoms with Crippen LogP contribution in [0.5, 0.6) is 0 Å². The molecule has 1 saturated heterocycles. The highest BCUT2D eigenvalue weighted by Crippen LogP contribution is 2.47. The summed E-state index contributed by atoms with van der Waals surface area (Å²) in [4.78, 5) is 2.43. The molecule has 2 fully saturated rings. The van der Waals surface area contributed by atoms with Crippen molar-refractivity contribution in [2.75, 3.05) is 13.1 Å². The van der Waals surface area contributed by atoms with Gasteiger partial charge in [-0.3, -0.25) is 4.90 Å². The highest BCUT2D eigenvalue weighted by atomic mass is 16.3. The quantitative estimate of drug-likeness (QED) is 0.922. The number of nitriles is 1. The molecule has 3 nitrogen and oxygen atoms in total. The first-order valence-electron chi connectivity index (χ1n) is 8.88. The Morgan fingerprint density at radius 1 is 1.22 bits per heavy atom. The van der Waals surface area contributed by atoms with Crippen molar-refractivity contribution in [1.29, 1.82) is 5.26 Å². The molecule has 0 amide bonds. The summed E-state index contributed by atoms with van der Waals surface area (Å²) in [6, 6.07) is 13.0. The van der Waals surface area contributed by atoms with Crippen LogP contribution in [-0.4, -0.2) is 29.1 Å². The second-order valence-corrected chi connectivity index (χ2v) is 7.89. The van der Waals surface area contributed by atoms with Crippen LogP contribution in [0.2, 0.25) is 0 Å². The smallest absolute Gasteiger partial charge is 0.115 e. The summed E-state index contributed by atoms with van der Waals surface area (Å²) in [6.45, 7) is 6.01. The van der Waals surface area contributed by atoms with E-state index in [4.69, 9.17) is 5.26 Å². The molecule has 0 unspecified atom stereocenters. The molecule has 1 aliphatic carbocycles. The number of aliphatic hydroxyl groups is 1. The van der Waals surface area contributed by atoms with E-state index in [0.29, 0.717) is 18.4 Å². The normalized spacial score (nSPS) is 30.7. The van der Waals surface area contributed by atoms with Crippen molar-refractivity contribution >= 4 is 0 Å². The summed E-state index contributed by atoms with van der Waals surface area (Å²) in [5.41, 5.74) is 0.583. The fourth-order valence-corrected chi connectivity index (χ4v) is 4.47. The minimum atomic E-state index is -0.666. The van der Waals surface area contributed by atoms with Crippen LogP contribution in [0.15, 0.2) is 30.3 Å². The van der Waals surface area contributed by atoms with Crippen molar-refractivity contribution in [3.63, 3.8) is 0 Å². The zero-order chi connectivity index (χ0) is 16.5. The molecule has 124 valence electrons. The Morgan fingerprint density at radius 2 is 1.83 bits per heavy atom. The van der Waals surface area contributed by atoms with Gasteiger partial charge >= 0.3 is 0 Å². The highest BCUT2D eigenvalue weighted by Gasteiger charge is 2.47. The van der Waals surface area contributed by atoms with Crippen LogP contribution < -0.4 is 0 Å². The van der Waals surface area contributed by atoms with Crippen LogP contribution in [0.1, 0.15) is 51.5 Å². The van der Waals surface area contributed by atoms with Crippen LogP contribution in [0, 0.1) is 22.7 Å². The highest BCUT2D eigenvalue weighted by molar-refractivity contribution is 5.26. The summed E-state index contributed by atoms with van der Waals surface area (Å²) < 4.78 is 0. The number of benzene rings is 1. The first-order valence-corrected chi connectivity index (χ1v) is 8.88. The zero-order valence-corrected chi connectivity index (χ0v) is 14.3. The minimum absolute atomic E-state index is 0.214. The Bertz CT molecular complexity index is 561. The molecule has 0 radical (unpaired) electrons. The van der Waals surface area contributed by atoms with Gasteiger partial charge < -0.3 is 5.11 Å². The van der Waals surface area contributed by atoms with Gasteiger partial charge in [-0.05, 0) is 42.6 Å². The van der Waals surface area contributed by atoms with Crippen molar-refractivity contribution in [3.8, 4) is 6.07 Å². The summed E-state index contributed by atoms with van der Waals surface area (Å²) in [5, 5.41) is 19.9. The first kappa shape index (κ1) is 16.5. The van der Waals surface area contributed by atoms with Crippen LogP contribution in [0.25, 0.3) is 0 Å². The standard InChI is InChI=1S/C20H28N2O/c1-16(2)19(12-13-21)10-8-18(9-11-19)22-14-20(23,15-22)17-6-4-3-5-7-17/h3-7,16,18,23H,8-12,14-15H2,1-2H3/t18-,19-. The number of rotatable bonds is 4. The monoisotopic (exact) mass is 312 g/mol. The lowest BCUT2D eigenvalue weighted by atomic mass is 9.64. The Balaban J connectivity index is 1.58. The average Bonchev–Trinajstić information content (AvgIpc) is 2.54.